The van der Waals surface area contributed by atoms with Crippen LogP contribution in [-0.4, -0.2) is 85.7 Å². The number of anilines is 1. The maximum atomic E-state index is 12.8. The van der Waals surface area contributed by atoms with Gasteiger partial charge in [-0.2, -0.15) is 9.29 Å². The second kappa shape index (κ2) is 37.1. The first-order chi connectivity index (χ1) is 32.7. The lowest BCUT2D eigenvalue weighted by molar-refractivity contribution is -0.161. The van der Waals surface area contributed by atoms with Crippen LogP contribution in [0.15, 0.2) is 41.4 Å². The zero-order valence-corrected chi connectivity index (χ0v) is 42.7. The van der Waals surface area contributed by atoms with Gasteiger partial charge in [0.25, 0.3) is 0 Å². The Hall–Kier alpha value is -2.76. The van der Waals surface area contributed by atoms with Crippen LogP contribution in [0.25, 0.3) is 0 Å². The van der Waals surface area contributed by atoms with E-state index in [4.69, 9.17) is 29.0 Å². The average molecular weight is 1010 g/mol. The van der Waals surface area contributed by atoms with Crippen LogP contribution >= 0.6 is 15.6 Å². The normalized spacial score (nSPS) is 19.6. The molecule has 6 N–H and O–H groups in total. The number of unbranched alkanes of at least 4 members (excludes halogenated alkanes) is 22. The fourth-order valence-corrected chi connectivity index (χ4v) is 9.65. The van der Waals surface area contributed by atoms with Gasteiger partial charge < -0.3 is 39.9 Å². The summed E-state index contributed by atoms with van der Waals surface area (Å²) in [4.78, 5) is 61.9. The van der Waals surface area contributed by atoms with E-state index in [0.717, 1.165) is 81.6 Å². The molecule has 0 saturated carbocycles. The van der Waals surface area contributed by atoms with Gasteiger partial charge in [-0.25, -0.2) is 13.9 Å². The quantitative estimate of drug-likeness (QED) is 0.0176. The van der Waals surface area contributed by atoms with Crippen LogP contribution in [0.3, 0.4) is 0 Å². The predicted octanol–water partition coefficient (Wildman–Crippen LogP) is 10.2. The van der Waals surface area contributed by atoms with E-state index in [1.165, 1.54) is 89.3 Å². The van der Waals surface area contributed by atoms with Crippen molar-refractivity contribution in [2.75, 3.05) is 25.6 Å². The van der Waals surface area contributed by atoms with Gasteiger partial charge in [0.2, 0.25) is 0 Å². The molecule has 68 heavy (non-hydrogen) atoms. The summed E-state index contributed by atoms with van der Waals surface area (Å²) in [6.45, 7) is 2.14. The molecule has 18 nitrogen and oxygen atoms in total. The summed E-state index contributed by atoms with van der Waals surface area (Å²) >= 11 is 0. The van der Waals surface area contributed by atoms with E-state index < -0.39 is 83.7 Å². The summed E-state index contributed by atoms with van der Waals surface area (Å²) < 4.78 is 56.8. The topological polar surface area (TPSA) is 265 Å². The smallest absolute Gasteiger partial charge is 0.462 e. The molecule has 0 aliphatic carbocycles. The second-order valence-corrected chi connectivity index (χ2v) is 20.7. The molecular formula is C48H85N3O15P2. The highest BCUT2D eigenvalue weighted by molar-refractivity contribution is 7.61. The fourth-order valence-electron chi connectivity index (χ4n) is 7.54. The van der Waals surface area contributed by atoms with Gasteiger partial charge in [0.05, 0.1) is 13.2 Å². The standard InChI is InChI=1S/C48H85N3O15P2/c1-3-5-7-9-11-13-15-17-19-21-23-25-27-29-31-33-43(52)61-37-40(64-44(53)34-32-30-28-26-24-22-20-18-16-14-12-10-8-6-4-2)38-62-67(57,58)66-68(59,60)63-39-41-45(54)46(55)47(65-41)51-36-35-42(49)50-48(51)56/h17-20,35-36,40-41,45-47,54-55H,3-16,21-34,37-39H2,1-2H3,(H,57,58)(H,59,60)(H2,49,50,56)/b19-17+,20-18+/t40-,41-,45-,46-,47-/m1/s1. The van der Waals surface area contributed by atoms with Gasteiger partial charge in [0.15, 0.2) is 12.3 Å². The van der Waals surface area contributed by atoms with Gasteiger partial charge in [0.1, 0.15) is 30.7 Å². The number of nitrogen functional groups attached to an aromatic ring is 1. The number of rotatable bonds is 42. The molecule has 0 spiro atoms. The number of aromatic nitrogens is 2. The molecule has 1 aliphatic heterocycles. The van der Waals surface area contributed by atoms with Crippen LogP contribution in [0.5, 0.6) is 0 Å². The van der Waals surface area contributed by atoms with Crippen molar-refractivity contribution in [2.24, 2.45) is 0 Å². The molecule has 7 atom stereocenters. The molecule has 1 aliphatic rings. The number of hydrogen-bond donors (Lipinski definition) is 5. The van der Waals surface area contributed by atoms with Gasteiger partial charge in [-0.1, -0.05) is 141 Å². The maximum absolute atomic E-state index is 12.8. The minimum absolute atomic E-state index is 0.0403. The van der Waals surface area contributed by atoms with Crippen LogP contribution < -0.4 is 11.4 Å². The molecule has 0 aromatic carbocycles. The Morgan fingerprint density at radius 2 is 1.15 bits per heavy atom. The van der Waals surface area contributed by atoms with Crippen molar-refractivity contribution in [1.82, 2.24) is 9.55 Å². The first kappa shape index (κ1) is 61.4. The summed E-state index contributed by atoms with van der Waals surface area (Å²) in [5, 5.41) is 20.9. The predicted molar refractivity (Wildman–Crippen MR) is 261 cm³/mol. The Morgan fingerprint density at radius 1 is 0.691 bits per heavy atom. The third-order valence-corrected chi connectivity index (χ3v) is 14.1. The van der Waals surface area contributed by atoms with E-state index in [1.807, 2.05) is 0 Å². The summed E-state index contributed by atoms with van der Waals surface area (Å²) in [6.07, 6.45) is 31.1. The summed E-state index contributed by atoms with van der Waals surface area (Å²) in [6, 6.07) is 1.25. The van der Waals surface area contributed by atoms with E-state index in [1.54, 1.807) is 0 Å². The Morgan fingerprint density at radius 3 is 1.65 bits per heavy atom. The van der Waals surface area contributed by atoms with E-state index in [-0.39, 0.29) is 18.7 Å². The molecule has 2 rings (SSSR count). The van der Waals surface area contributed by atoms with Gasteiger partial charge in [0, 0.05) is 19.0 Å². The van der Waals surface area contributed by atoms with Crippen molar-refractivity contribution >= 4 is 33.4 Å². The van der Waals surface area contributed by atoms with Crippen molar-refractivity contribution in [3.63, 3.8) is 0 Å². The molecule has 0 amide bonds. The lowest BCUT2D eigenvalue weighted by Crippen LogP contribution is -2.36. The SMILES string of the molecule is CCCCCCCC/C=C/CCCCCCCC(=O)OC[C@H](COP(=O)(O)OP(=O)(O)OC[C@H]1O[C@@H](n2ccc(N)nc2=O)[C@H](O)[C@@H]1O)OC(=O)CCCCCCC/C=C/CCCCCCCC. The maximum Gasteiger partial charge on any atom is 0.481 e. The first-order valence-electron chi connectivity index (χ1n) is 25.3. The molecule has 1 saturated heterocycles. The summed E-state index contributed by atoms with van der Waals surface area (Å²) in [5.74, 6) is -1.31. The number of hydrogen-bond acceptors (Lipinski definition) is 15. The Kier molecular flexibility index (Phi) is 33.5. The molecule has 392 valence electrons. The number of carbonyl (C=O) groups excluding carboxylic acids is 2. The number of aliphatic hydroxyl groups excluding tert-OH is 2. The number of carbonyl (C=O) groups is 2. The van der Waals surface area contributed by atoms with E-state index >= 15 is 0 Å². The Balaban J connectivity index is 1.81. The van der Waals surface area contributed by atoms with E-state index in [2.05, 4.69) is 47.4 Å². The molecule has 1 fully saturated rings. The van der Waals surface area contributed by atoms with Crippen molar-refractivity contribution < 1.29 is 66.3 Å². The molecule has 20 heteroatoms. The number of aliphatic hydroxyl groups is 2. The molecule has 2 heterocycles. The van der Waals surface area contributed by atoms with Crippen LogP contribution in [0.4, 0.5) is 5.82 Å². The molecule has 0 radical (unpaired) electrons. The van der Waals surface area contributed by atoms with Crippen molar-refractivity contribution in [3.05, 3.63) is 47.1 Å². The van der Waals surface area contributed by atoms with E-state index in [9.17, 15) is 43.5 Å². The van der Waals surface area contributed by atoms with Crippen LogP contribution in [0, 0.1) is 0 Å². The van der Waals surface area contributed by atoms with Crippen LogP contribution in [0.2, 0.25) is 0 Å². The van der Waals surface area contributed by atoms with Gasteiger partial charge >= 0.3 is 33.3 Å². The van der Waals surface area contributed by atoms with Crippen molar-refractivity contribution in [1.29, 1.82) is 0 Å². The highest BCUT2D eigenvalue weighted by Crippen LogP contribution is 2.60. The van der Waals surface area contributed by atoms with Crippen LogP contribution in [-0.2, 0) is 46.3 Å². The van der Waals surface area contributed by atoms with Gasteiger partial charge in [-0.05, 0) is 70.3 Å². The Bertz CT molecular complexity index is 1730. The first-order valence-corrected chi connectivity index (χ1v) is 28.3. The number of nitrogens with zero attached hydrogens (tertiary/aromatic N) is 2. The number of phosphoric ester groups is 2. The molecule has 1 aromatic heterocycles. The number of phosphoric acid groups is 2. The molecule has 0 bridgehead atoms. The number of esters is 2. The minimum atomic E-state index is -5.42. The van der Waals surface area contributed by atoms with Crippen molar-refractivity contribution in [2.45, 2.75) is 224 Å². The van der Waals surface area contributed by atoms with Gasteiger partial charge in [-0.3, -0.25) is 23.2 Å². The average Bonchev–Trinajstić information content (AvgIpc) is 3.57. The van der Waals surface area contributed by atoms with E-state index in [0.29, 0.717) is 12.8 Å². The molecule has 1 aromatic rings. The number of allylic oxidation sites excluding steroid dienone is 4. The largest absolute Gasteiger partial charge is 0.481 e. The van der Waals surface area contributed by atoms with Crippen molar-refractivity contribution in [3.8, 4) is 0 Å². The highest BCUT2D eigenvalue weighted by atomic mass is 31.3. The highest BCUT2D eigenvalue weighted by Gasteiger charge is 2.46. The van der Waals surface area contributed by atoms with Crippen LogP contribution in [0.1, 0.15) is 200 Å². The summed E-state index contributed by atoms with van der Waals surface area (Å²) in [5.41, 5.74) is 4.59. The zero-order valence-electron chi connectivity index (χ0n) is 40.9. The second-order valence-electron chi connectivity index (χ2n) is 17.7. The lowest BCUT2D eigenvalue weighted by atomic mass is 10.1. The number of nitrogens with two attached hydrogens (primary N) is 1. The zero-order chi connectivity index (χ0) is 49.9. The third kappa shape index (κ3) is 29.4. The molecule has 2 unspecified atom stereocenters. The fraction of sp³-hybridized carbons (Fsp3) is 0.792. The third-order valence-electron chi connectivity index (χ3n) is 11.5. The Labute approximate surface area is 405 Å². The summed E-state index contributed by atoms with van der Waals surface area (Å²) in [7, 11) is -10.8. The monoisotopic (exact) mass is 1010 g/mol. The van der Waals surface area contributed by atoms with Gasteiger partial charge in [-0.15, -0.1) is 0 Å². The lowest BCUT2D eigenvalue weighted by Gasteiger charge is -2.21. The minimum Gasteiger partial charge on any atom is -0.462 e. The number of ether oxygens (including phenoxy) is 3. The molecular weight excluding hydrogens is 920 g/mol.